The molecule has 0 radical (unpaired) electrons. The molecule has 1 aromatic carbocycles. The summed E-state index contributed by atoms with van der Waals surface area (Å²) >= 11 is 0. The van der Waals surface area contributed by atoms with Crippen LogP contribution in [0.1, 0.15) is 25.7 Å². The molecule has 1 aliphatic heterocycles. The van der Waals surface area contributed by atoms with E-state index < -0.39 is 10.7 Å². The van der Waals surface area contributed by atoms with Crippen molar-refractivity contribution in [3.8, 4) is 0 Å². The minimum Gasteiger partial charge on any atom is -0.365 e. The molecule has 18 heavy (non-hydrogen) atoms. The molecule has 0 atom stereocenters. The van der Waals surface area contributed by atoms with E-state index in [-0.39, 0.29) is 5.69 Å². The van der Waals surface area contributed by atoms with Crippen LogP contribution in [-0.2, 0) is 0 Å². The van der Waals surface area contributed by atoms with Crippen LogP contribution in [0, 0.1) is 21.3 Å². The quantitative estimate of drug-likeness (QED) is 0.598. The van der Waals surface area contributed by atoms with Crippen molar-refractivity contribution in [1.82, 2.24) is 0 Å². The van der Waals surface area contributed by atoms with Crippen molar-refractivity contribution in [2.24, 2.45) is 5.41 Å². The molecule has 0 unspecified atom stereocenters. The summed E-state index contributed by atoms with van der Waals surface area (Å²) in [7, 11) is 0. The molecule has 1 saturated heterocycles. The average Bonchev–Trinajstić information content (AvgIpc) is 3.07. The van der Waals surface area contributed by atoms with Gasteiger partial charge >= 0.3 is 5.69 Å². The monoisotopic (exact) mass is 250 g/mol. The number of hydrogen-bond donors (Lipinski definition) is 0. The van der Waals surface area contributed by atoms with Crippen LogP contribution in [0.25, 0.3) is 0 Å². The summed E-state index contributed by atoms with van der Waals surface area (Å²) in [5, 5.41) is 11.0. The van der Waals surface area contributed by atoms with Gasteiger partial charge in [0.05, 0.1) is 4.92 Å². The maximum Gasteiger partial charge on any atom is 0.327 e. The molecule has 96 valence electrons. The molecular formula is C13H15FN2O2. The molecule has 0 aromatic heterocycles. The Balaban J connectivity index is 1.96. The highest BCUT2D eigenvalue weighted by Crippen LogP contribution is 2.53. The van der Waals surface area contributed by atoms with E-state index in [2.05, 4.69) is 0 Å². The lowest BCUT2D eigenvalue weighted by molar-refractivity contribution is -0.386. The first-order valence-electron chi connectivity index (χ1n) is 6.29. The first-order chi connectivity index (χ1) is 8.61. The standard InChI is InChI=1S/C13H15FN2O2/c14-10-3-1-4-11(12(10)16(17)18)15-8-2-5-13(9-15)6-7-13/h1,3-4H,2,5-9H2. The summed E-state index contributed by atoms with van der Waals surface area (Å²) in [6.07, 6.45) is 4.64. The lowest BCUT2D eigenvalue weighted by Gasteiger charge is -2.34. The topological polar surface area (TPSA) is 46.4 Å². The number of hydrogen-bond acceptors (Lipinski definition) is 3. The normalized spacial score (nSPS) is 21.1. The van der Waals surface area contributed by atoms with Gasteiger partial charge in [0.1, 0.15) is 5.69 Å². The number of piperidine rings is 1. The molecule has 2 fully saturated rings. The number of nitrogens with zero attached hydrogens (tertiary/aromatic N) is 2. The van der Waals surface area contributed by atoms with Gasteiger partial charge in [0.25, 0.3) is 0 Å². The number of benzene rings is 1. The third-order valence-corrected chi connectivity index (χ3v) is 4.11. The minimum absolute atomic E-state index is 0.360. The lowest BCUT2D eigenvalue weighted by Crippen LogP contribution is -2.36. The molecule has 5 heteroatoms. The first kappa shape index (κ1) is 11.4. The summed E-state index contributed by atoms with van der Waals surface area (Å²) in [4.78, 5) is 12.4. The lowest BCUT2D eigenvalue weighted by atomic mass is 9.94. The number of rotatable bonds is 2. The summed E-state index contributed by atoms with van der Waals surface area (Å²) in [5.41, 5.74) is 0.416. The zero-order chi connectivity index (χ0) is 12.8. The second-order valence-electron chi connectivity index (χ2n) is 5.39. The van der Waals surface area contributed by atoms with Crippen LogP contribution < -0.4 is 4.90 Å². The van der Waals surface area contributed by atoms with Gasteiger partial charge in [-0.25, -0.2) is 0 Å². The molecule has 1 aromatic rings. The number of para-hydroxylation sites is 1. The molecule has 0 N–H and O–H groups in total. The van der Waals surface area contributed by atoms with Crippen molar-refractivity contribution in [1.29, 1.82) is 0 Å². The molecule has 4 nitrogen and oxygen atoms in total. The molecule has 1 aliphatic carbocycles. The maximum atomic E-state index is 13.6. The van der Waals surface area contributed by atoms with Crippen molar-refractivity contribution < 1.29 is 9.31 Å². The average molecular weight is 250 g/mol. The third kappa shape index (κ3) is 1.83. The highest BCUT2D eigenvalue weighted by molar-refractivity contribution is 5.64. The summed E-state index contributed by atoms with van der Waals surface area (Å²) in [6, 6.07) is 4.35. The SMILES string of the molecule is O=[N+]([O-])c1c(F)cccc1N1CCCC2(CC2)C1. The van der Waals surface area contributed by atoms with E-state index in [1.165, 1.54) is 19.3 Å². The Morgan fingerprint density at radius 1 is 1.33 bits per heavy atom. The van der Waals surface area contributed by atoms with Crippen LogP contribution in [0.5, 0.6) is 0 Å². The van der Waals surface area contributed by atoms with Gasteiger partial charge in [0, 0.05) is 13.1 Å². The van der Waals surface area contributed by atoms with Crippen LogP contribution in [0.3, 0.4) is 0 Å². The van der Waals surface area contributed by atoms with Crippen molar-refractivity contribution >= 4 is 11.4 Å². The van der Waals surface area contributed by atoms with E-state index in [1.54, 1.807) is 12.1 Å². The van der Waals surface area contributed by atoms with Crippen molar-refractivity contribution in [2.75, 3.05) is 18.0 Å². The van der Waals surface area contributed by atoms with Gasteiger partial charge in [-0.3, -0.25) is 10.1 Å². The van der Waals surface area contributed by atoms with Crippen LogP contribution in [0.4, 0.5) is 15.8 Å². The van der Waals surface area contributed by atoms with E-state index >= 15 is 0 Å². The van der Waals surface area contributed by atoms with Gasteiger partial charge in [0.15, 0.2) is 0 Å². The van der Waals surface area contributed by atoms with Gasteiger partial charge < -0.3 is 4.90 Å². The Bertz CT molecular complexity index is 500. The minimum atomic E-state index is -0.743. The first-order valence-corrected chi connectivity index (χ1v) is 6.29. The van der Waals surface area contributed by atoms with E-state index in [0.29, 0.717) is 11.1 Å². The van der Waals surface area contributed by atoms with Gasteiger partial charge in [-0.15, -0.1) is 0 Å². The largest absolute Gasteiger partial charge is 0.365 e. The van der Waals surface area contributed by atoms with Gasteiger partial charge in [-0.05, 0) is 43.2 Å². The highest BCUT2D eigenvalue weighted by Gasteiger charge is 2.46. The number of anilines is 1. The second-order valence-corrected chi connectivity index (χ2v) is 5.39. The summed E-state index contributed by atoms with van der Waals surface area (Å²) in [6.45, 7) is 1.61. The Morgan fingerprint density at radius 2 is 2.11 bits per heavy atom. The fourth-order valence-electron chi connectivity index (χ4n) is 2.94. The Labute approximate surface area is 105 Å². The van der Waals surface area contributed by atoms with Crippen molar-refractivity contribution in [2.45, 2.75) is 25.7 Å². The number of nitro benzene ring substituents is 1. The zero-order valence-electron chi connectivity index (χ0n) is 10.1. The molecule has 1 saturated carbocycles. The predicted octanol–water partition coefficient (Wildman–Crippen LogP) is 3.11. The zero-order valence-corrected chi connectivity index (χ0v) is 10.1. The molecule has 3 rings (SSSR count). The van der Waals surface area contributed by atoms with Crippen molar-refractivity contribution in [3.05, 3.63) is 34.1 Å². The fourth-order valence-corrected chi connectivity index (χ4v) is 2.94. The molecular weight excluding hydrogens is 235 g/mol. The van der Waals surface area contributed by atoms with Crippen LogP contribution in [-0.4, -0.2) is 18.0 Å². The van der Waals surface area contributed by atoms with E-state index in [4.69, 9.17) is 0 Å². The van der Waals surface area contributed by atoms with Crippen molar-refractivity contribution in [3.63, 3.8) is 0 Å². The Morgan fingerprint density at radius 3 is 2.78 bits per heavy atom. The smallest absolute Gasteiger partial charge is 0.327 e. The van der Waals surface area contributed by atoms with E-state index in [9.17, 15) is 14.5 Å². The second kappa shape index (κ2) is 3.93. The van der Waals surface area contributed by atoms with Gasteiger partial charge in [0.2, 0.25) is 5.82 Å². The fraction of sp³-hybridized carbons (Fsp3) is 0.538. The highest BCUT2D eigenvalue weighted by atomic mass is 19.1. The maximum absolute atomic E-state index is 13.6. The molecule has 1 spiro atoms. The predicted molar refractivity (Wildman–Crippen MR) is 66.2 cm³/mol. The van der Waals surface area contributed by atoms with Gasteiger partial charge in [-0.2, -0.15) is 4.39 Å². The van der Waals surface area contributed by atoms with Gasteiger partial charge in [-0.1, -0.05) is 6.07 Å². The Hall–Kier alpha value is -1.65. The number of nitro groups is 1. The van der Waals surface area contributed by atoms with E-state index in [1.807, 2.05) is 4.90 Å². The molecule has 2 aliphatic rings. The summed E-state index contributed by atoms with van der Waals surface area (Å²) < 4.78 is 13.6. The molecule has 0 bridgehead atoms. The van der Waals surface area contributed by atoms with Crippen LogP contribution in [0.2, 0.25) is 0 Å². The van der Waals surface area contributed by atoms with E-state index in [0.717, 1.165) is 25.6 Å². The number of halogens is 1. The van der Waals surface area contributed by atoms with Crippen LogP contribution >= 0.6 is 0 Å². The Kier molecular flexibility index (Phi) is 2.50. The molecule has 1 heterocycles. The van der Waals surface area contributed by atoms with Crippen LogP contribution in [0.15, 0.2) is 18.2 Å². The summed E-state index contributed by atoms with van der Waals surface area (Å²) in [5.74, 6) is -0.743. The molecule has 0 amide bonds. The third-order valence-electron chi connectivity index (χ3n) is 4.11.